The molecule has 1 saturated heterocycles. The van der Waals surface area contributed by atoms with E-state index in [-0.39, 0.29) is 11.9 Å². The lowest BCUT2D eigenvalue weighted by Gasteiger charge is -2.28. The number of thioether (sulfide) groups is 1. The Balaban J connectivity index is 1.64. The quantitative estimate of drug-likeness (QED) is 0.631. The number of carbonyl (C=O) groups excluding carboxylic acids is 2. The highest BCUT2D eigenvalue weighted by atomic mass is 32.2. The second kappa shape index (κ2) is 5.67. The van der Waals surface area contributed by atoms with Gasteiger partial charge >= 0.3 is 5.97 Å². The number of amides is 1. The van der Waals surface area contributed by atoms with Crippen LogP contribution >= 0.6 is 11.8 Å². The molecule has 2 aromatic carbocycles. The fourth-order valence-corrected chi connectivity index (χ4v) is 4.65. The predicted octanol–water partition coefficient (Wildman–Crippen LogP) is 3.78. The van der Waals surface area contributed by atoms with Gasteiger partial charge in [-0.1, -0.05) is 43.0 Å². The Kier molecular flexibility index (Phi) is 3.61. The Morgan fingerprint density at radius 1 is 1.21 bits per heavy atom. The summed E-state index contributed by atoms with van der Waals surface area (Å²) in [5.74, 6) is 0.118. The maximum absolute atomic E-state index is 12.9. The molecule has 0 bridgehead atoms. The molecule has 1 unspecified atom stereocenters. The van der Waals surface area contributed by atoms with Gasteiger partial charge in [-0.05, 0) is 36.2 Å². The largest absolute Gasteiger partial charge is 0.424 e. The first-order valence-electron chi connectivity index (χ1n) is 8.06. The Morgan fingerprint density at radius 2 is 1.96 bits per heavy atom. The standard InChI is InChI=1S/C19H17NO3S/c1-2-13-7-9-14(10-8-13)23-18(22)19-12-11-17(21)20(19)15-5-3-4-6-16(15)24-19/h3-10H,2,11-12H2,1H3. The minimum absolute atomic E-state index is 0.0225. The van der Waals surface area contributed by atoms with E-state index >= 15 is 0 Å². The summed E-state index contributed by atoms with van der Waals surface area (Å²) in [7, 11) is 0. The van der Waals surface area contributed by atoms with Crippen molar-refractivity contribution in [2.45, 2.75) is 36.0 Å². The van der Waals surface area contributed by atoms with Crippen molar-refractivity contribution in [1.29, 1.82) is 0 Å². The average Bonchev–Trinajstić information content (AvgIpc) is 3.12. The smallest absolute Gasteiger partial charge is 0.348 e. The van der Waals surface area contributed by atoms with Gasteiger partial charge in [0.25, 0.3) is 0 Å². The second-order valence-electron chi connectivity index (χ2n) is 5.97. The van der Waals surface area contributed by atoms with Crippen LogP contribution in [0, 0.1) is 0 Å². The lowest BCUT2D eigenvalue weighted by atomic mass is 10.1. The van der Waals surface area contributed by atoms with Crippen molar-refractivity contribution in [3.05, 3.63) is 54.1 Å². The molecule has 0 N–H and O–H groups in total. The molecule has 1 amide bonds. The first-order valence-corrected chi connectivity index (χ1v) is 8.88. The third-order valence-corrected chi connectivity index (χ3v) is 5.99. The van der Waals surface area contributed by atoms with Gasteiger partial charge in [0.15, 0.2) is 4.87 Å². The van der Waals surface area contributed by atoms with E-state index in [1.807, 2.05) is 36.4 Å². The lowest BCUT2D eigenvalue weighted by molar-refractivity contribution is -0.137. The number of hydrogen-bond acceptors (Lipinski definition) is 4. The Labute approximate surface area is 144 Å². The van der Waals surface area contributed by atoms with E-state index in [1.165, 1.54) is 17.3 Å². The monoisotopic (exact) mass is 339 g/mol. The maximum Gasteiger partial charge on any atom is 0.348 e. The molecule has 122 valence electrons. The number of nitrogens with zero attached hydrogens (tertiary/aromatic N) is 1. The van der Waals surface area contributed by atoms with E-state index in [1.54, 1.807) is 17.0 Å². The highest BCUT2D eigenvalue weighted by molar-refractivity contribution is 8.02. The van der Waals surface area contributed by atoms with Crippen molar-refractivity contribution >= 4 is 29.3 Å². The van der Waals surface area contributed by atoms with Crippen LogP contribution in [-0.4, -0.2) is 16.7 Å². The van der Waals surface area contributed by atoms with Gasteiger partial charge in [-0.15, -0.1) is 0 Å². The fourth-order valence-electron chi connectivity index (χ4n) is 3.25. The van der Waals surface area contributed by atoms with Crippen molar-refractivity contribution in [2.75, 3.05) is 4.90 Å². The molecule has 0 saturated carbocycles. The predicted molar refractivity (Wildman–Crippen MR) is 93.2 cm³/mol. The van der Waals surface area contributed by atoms with Crippen LogP contribution < -0.4 is 9.64 Å². The molecule has 0 spiro atoms. The molecule has 0 aliphatic carbocycles. The summed E-state index contributed by atoms with van der Waals surface area (Å²) in [5.41, 5.74) is 2.00. The zero-order chi connectivity index (χ0) is 16.7. The minimum Gasteiger partial charge on any atom is -0.424 e. The highest BCUT2D eigenvalue weighted by Crippen LogP contribution is 2.56. The number of ether oxygens (including phenoxy) is 1. The lowest BCUT2D eigenvalue weighted by Crippen LogP contribution is -2.48. The summed E-state index contributed by atoms with van der Waals surface area (Å²) in [5, 5.41) is 0. The van der Waals surface area contributed by atoms with Crippen molar-refractivity contribution in [1.82, 2.24) is 0 Å². The van der Waals surface area contributed by atoms with Crippen LogP contribution in [0.15, 0.2) is 53.4 Å². The molecular weight excluding hydrogens is 322 g/mol. The topological polar surface area (TPSA) is 46.6 Å². The van der Waals surface area contributed by atoms with E-state index in [9.17, 15) is 9.59 Å². The second-order valence-corrected chi connectivity index (χ2v) is 7.29. The van der Waals surface area contributed by atoms with Crippen molar-refractivity contribution in [3.63, 3.8) is 0 Å². The zero-order valence-electron chi connectivity index (χ0n) is 13.3. The van der Waals surface area contributed by atoms with Crippen LogP contribution in [0.5, 0.6) is 5.75 Å². The van der Waals surface area contributed by atoms with Gasteiger partial charge in [0, 0.05) is 17.7 Å². The van der Waals surface area contributed by atoms with E-state index in [0.29, 0.717) is 18.6 Å². The van der Waals surface area contributed by atoms with Crippen LogP contribution in [0.4, 0.5) is 5.69 Å². The molecule has 4 nitrogen and oxygen atoms in total. The summed E-state index contributed by atoms with van der Waals surface area (Å²) in [6.07, 6.45) is 1.77. The van der Waals surface area contributed by atoms with Crippen LogP contribution in [0.2, 0.25) is 0 Å². The summed E-state index contributed by atoms with van der Waals surface area (Å²) in [6, 6.07) is 15.1. The molecule has 0 radical (unpaired) electrons. The zero-order valence-corrected chi connectivity index (χ0v) is 14.1. The van der Waals surface area contributed by atoms with Crippen LogP contribution in [-0.2, 0) is 16.0 Å². The maximum atomic E-state index is 12.9. The number of fused-ring (bicyclic) bond motifs is 3. The molecular formula is C19H17NO3S. The fraction of sp³-hybridized carbons (Fsp3) is 0.263. The molecule has 1 fully saturated rings. The van der Waals surface area contributed by atoms with Crippen molar-refractivity contribution in [3.8, 4) is 5.75 Å². The van der Waals surface area contributed by atoms with Gasteiger partial charge in [-0.2, -0.15) is 0 Å². The van der Waals surface area contributed by atoms with Crippen molar-refractivity contribution in [2.24, 2.45) is 0 Å². The van der Waals surface area contributed by atoms with E-state index in [0.717, 1.165) is 17.0 Å². The van der Waals surface area contributed by atoms with Crippen LogP contribution in [0.25, 0.3) is 0 Å². The van der Waals surface area contributed by atoms with Gasteiger partial charge in [-0.3, -0.25) is 9.69 Å². The minimum atomic E-state index is -0.968. The first kappa shape index (κ1) is 15.3. The summed E-state index contributed by atoms with van der Waals surface area (Å²) in [6.45, 7) is 2.08. The molecule has 2 aliphatic heterocycles. The molecule has 2 aliphatic rings. The third kappa shape index (κ3) is 2.23. The number of esters is 1. The number of anilines is 1. The normalized spacial score (nSPS) is 21.5. The van der Waals surface area contributed by atoms with Crippen LogP contribution in [0.1, 0.15) is 25.3 Å². The van der Waals surface area contributed by atoms with Gasteiger partial charge in [-0.25, -0.2) is 4.79 Å². The summed E-state index contributed by atoms with van der Waals surface area (Å²) < 4.78 is 5.63. The average molecular weight is 339 g/mol. The number of benzene rings is 2. The Hall–Kier alpha value is -2.27. The highest BCUT2D eigenvalue weighted by Gasteiger charge is 2.58. The molecule has 0 aromatic heterocycles. The van der Waals surface area contributed by atoms with Gasteiger partial charge in [0.1, 0.15) is 5.75 Å². The third-order valence-electron chi connectivity index (χ3n) is 4.53. The molecule has 2 aromatic rings. The Morgan fingerprint density at radius 3 is 2.71 bits per heavy atom. The van der Waals surface area contributed by atoms with Crippen molar-refractivity contribution < 1.29 is 14.3 Å². The number of para-hydroxylation sites is 1. The number of rotatable bonds is 3. The SMILES string of the molecule is CCc1ccc(OC(=O)C23CCC(=O)N2c2ccccc2S3)cc1. The summed E-state index contributed by atoms with van der Waals surface area (Å²) in [4.78, 5) is 26.9. The van der Waals surface area contributed by atoms with E-state index in [2.05, 4.69) is 6.92 Å². The first-order chi connectivity index (χ1) is 11.6. The molecule has 5 heteroatoms. The molecule has 24 heavy (non-hydrogen) atoms. The van der Waals surface area contributed by atoms with E-state index in [4.69, 9.17) is 4.74 Å². The number of carbonyl (C=O) groups is 2. The van der Waals surface area contributed by atoms with E-state index < -0.39 is 4.87 Å². The van der Waals surface area contributed by atoms with Gasteiger partial charge in [0.2, 0.25) is 5.91 Å². The molecule has 2 heterocycles. The van der Waals surface area contributed by atoms with Gasteiger partial charge in [0.05, 0.1) is 5.69 Å². The van der Waals surface area contributed by atoms with Gasteiger partial charge < -0.3 is 4.74 Å². The molecule has 1 atom stereocenters. The number of aryl methyl sites for hydroxylation is 1. The number of hydrogen-bond donors (Lipinski definition) is 0. The summed E-state index contributed by atoms with van der Waals surface area (Å²) >= 11 is 1.42. The van der Waals surface area contributed by atoms with Crippen LogP contribution in [0.3, 0.4) is 0 Å². The molecule has 4 rings (SSSR count). The Bertz CT molecular complexity index is 818.